The van der Waals surface area contributed by atoms with Crippen molar-refractivity contribution in [3.8, 4) is 22.3 Å². The third kappa shape index (κ3) is 7.77. The van der Waals surface area contributed by atoms with Gasteiger partial charge >= 0.3 is 7.12 Å². The second kappa shape index (κ2) is 15.7. The lowest BCUT2D eigenvalue weighted by molar-refractivity contribution is 0.426. The lowest BCUT2D eigenvalue weighted by Gasteiger charge is -2.03. The van der Waals surface area contributed by atoms with Gasteiger partial charge < -0.3 is 20.0 Å². The predicted molar refractivity (Wildman–Crippen MR) is 221 cm³/mol. The summed E-state index contributed by atoms with van der Waals surface area (Å²) in [5, 5.41) is 22.2. The van der Waals surface area contributed by atoms with Crippen molar-refractivity contribution in [3.63, 3.8) is 0 Å². The highest BCUT2D eigenvalue weighted by atomic mass is 79.9. The van der Waals surface area contributed by atoms with Crippen molar-refractivity contribution in [1.29, 1.82) is 0 Å². The van der Waals surface area contributed by atoms with Crippen LogP contribution >= 0.6 is 31.9 Å². The highest BCUT2D eigenvalue weighted by molar-refractivity contribution is 9.10. The molecule has 0 fully saturated rings. The zero-order chi connectivity index (χ0) is 33.7. The van der Waals surface area contributed by atoms with Gasteiger partial charge in [0, 0.05) is 52.6 Å². The molecule has 0 bridgehead atoms. The lowest BCUT2D eigenvalue weighted by Crippen LogP contribution is -2.29. The van der Waals surface area contributed by atoms with E-state index in [1.54, 1.807) is 24.3 Å². The molecule has 9 rings (SSSR count). The first-order valence-corrected chi connectivity index (χ1v) is 17.5. The smallest absolute Gasteiger partial charge is 0.423 e. The Balaban J connectivity index is 0.000000147. The molecule has 0 saturated carbocycles. The van der Waals surface area contributed by atoms with E-state index in [1.165, 1.54) is 65.9 Å². The molecule has 0 saturated heterocycles. The van der Waals surface area contributed by atoms with Crippen molar-refractivity contribution < 1.29 is 10.0 Å². The fraction of sp³-hybridized carbons (Fsp3) is 0.0233. The van der Waals surface area contributed by atoms with Crippen LogP contribution in [0, 0.1) is 0 Å². The minimum absolute atomic E-state index is 0. The molecule has 0 aliphatic carbocycles. The van der Waals surface area contributed by atoms with E-state index in [9.17, 15) is 0 Å². The summed E-state index contributed by atoms with van der Waals surface area (Å²) in [5.41, 5.74) is 10.2. The Hall–Kier alpha value is -4.92. The highest BCUT2D eigenvalue weighted by Gasteiger charge is 2.09. The SMILES string of the molecule is Brc1ccc2[nH]c3ccc(Br)cc3c2c1.C.OB(O)c1ccccc1.c1ccc(-c2ccc3[nH]c4ccc(-c5ccccc5)cc4c3c2)cc1. The van der Waals surface area contributed by atoms with Crippen molar-refractivity contribution in [2.45, 2.75) is 7.43 Å². The molecule has 0 radical (unpaired) electrons. The zero-order valence-electron chi connectivity index (χ0n) is 26.3. The summed E-state index contributed by atoms with van der Waals surface area (Å²) in [6.45, 7) is 0. The van der Waals surface area contributed by atoms with Crippen molar-refractivity contribution in [1.82, 2.24) is 9.97 Å². The van der Waals surface area contributed by atoms with E-state index >= 15 is 0 Å². The van der Waals surface area contributed by atoms with E-state index < -0.39 is 7.12 Å². The fourth-order valence-electron chi connectivity index (χ4n) is 5.98. The number of halogens is 2. The molecule has 0 aliphatic heterocycles. The first-order chi connectivity index (χ1) is 23.9. The lowest BCUT2D eigenvalue weighted by atomic mass is 9.81. The largest absolute Gasteiger partial charge is 0.488 e. The van der Waals surface area contributed by atoms with Crippen LogP contribution in [0.2, 0.25) is 0 Å². The summed E-state index contributed by atoms with van der Waals surface area (Å²) in [4.78, 5) is 6.93. The van der Waals surface area contributed by atoms with Gasteiger partial charge in [0.2, 0.25) is 0 Å². The molecule has 2 heterocycles. The van der Waals surface area contributed by atoms with E-state index in [4.69, 9.17) is 10.0 Å². The summed E-state index contributed by atoms with van der Waals surface area (Å²) in [6, 6.07) is 55.6. The van der Waals surface area contributed by atoms with E-state index in [2.05, 4.69) is 163 Å². The van der Waals surface area contributed by atoms with E-state index in [1.807, 2.05) is 18.2 Å². The van der Waals surface area contributed by atoms with Gasteiger partial charge in [-0.3, -0.25) is 0 Å². The quantitative estimate of drug-likeness (QED) is 0.135. The molecule has 9 aromatic rings. The van der Waals surface area contributed by atoms with Crippen molar-refractivity contribution in [3.05, 3.63) is 173 Å². The van der Waals surface area contributed by atoms with Gasteiger partial charge in [0.15, 0.2) is 0 Å². The molecule has 0 spiro atoms. The number of fused-ring (bicyclic) bond motifs is 6. The molecule has 0 unspecified atom stereocenters. The fourth-order valence-corrected chi connectivity index (χ4v) is 6.71. The minimum Gasteiger partial charge on any atom is -0.423 e. The molecule has 0 aliphatic rings. The van der Waals surface area contributed by atoms with E-state index in [0.29, 0.717) is 5.46 Å². The highest BCUT2D eigenvalue weighted by Crippen LogP contribution is 2.33. The van der Waals surface area contributed by atoms with Crippen molar-refractivity contribution >= 4 is 88.1 Å². The molecule has 50 heavy (non-hydrogen) atoms. The number of hydrogen-bond donors (Lipinski definition) is 4. The van der Waals surface area contributed by atoms with E-state index in [-0.39, 0.29) is 7.43 Å². The summed E-state index contributed by atoms with van der Waals surface area (Å²) >= 11 is 6.99. The van der Waals surface area contributed by atoms with Crippen LogP contribution in [0.1, 0.15) is 7.43 Å². The molecule has 2 aromatic heterocycles. The van der Waals surface area contributed by atoms with Gasteiger partial charge in [-0.2, -0.15) is 0 Å². The summed E-state index contributed by atoms with van der Waals surface area (Å²) in [5.74, 6) is 0. The maximum absolute atomic E-state index is 8.58. The minimum atomic E-state index is -1.34. The second-order valence-corrected chi connectivity index (χ2v) is 13.5. The monoisotopic (exact) mass is 780 g/mol. The maximum Gasteiger partial charge on any atom is 0.488 e. The third-order valence-corrected chi connectivity index (χ3v) is 9.42. The first kappa shape index (κ1) is 34.9. The van der Waals surface area contributed by atoms with Gasteiger partial charge in [-0.15, -0.1) is 0 Å². The average molecular weight is 782 g/mol. The van der Waals surface area contributed by atoms with Crippen molar-refractivity contribution in [2.24, 2.45) is 0 Å². The Morgan fingerprint density at radius 2 is 0.720 bits per heavy atom. The second-order valence-electron chi connectivity index (χ2n) is 11.7. The van der Waals surface area contributed by atoms with Crippen molar-refractivity contribution in [2.75, 3.05) is 0 Å². The topological polar surface area (TPSA) is 72.0 Å². The molecule has 7 heteroatoms. The number of aromatic nitrogens is 2. The van der Waals surface area contributed by atoms with Crippen LogP contribution in [0.4, 0.5) is 0 Å². The number of benzene rings is 7. The van der Waals surface area contributed by atoms with Crippen LogP contribution in [0.3, 0.4) is 0 Å². The maximum atomic E-state index is 8.58. The van der Waals surface area contributed by atoms with E-state index in [0.717, 1.165) is 8.95 Å². The Kier molecular flexibility index (Phi) is 11.0. The van der Waals surface area contributed by atoms with Crippen LogP contribution in [0.15, 0.2) is 173 Å². The van der Waals surface area contributed by atoms with Crippen LogP contribution in [-0.4, -0.2) is 27.1 Å². The van der Waals surface area contributed by atoms with Gasteiger partial charge in [-0.25, -0.2) is 0 Å². The molecular formula is C43H35BBr2N2O2. The molecule has 0 atom stereocenters. The van der Waals surface area contributed by atoms with Gasteiger partial charge in [0.05, 0.1) is 0 Å². The van der Waals surface area contributed by atoms with Crippen LogP contribution in [-0.2, 0) is 0 Å². The van der Waals surface area contributed by atoms with Crippen LogP contribution in [0.25, 0.3) is 65.9 Å². The predicted octanol–water partition coefficient (Wildman–Crippen LogP) is 11.5. The third-order valence-electron chi connectivity index (χ3n) is 8.43. The van der Waals surface area contributed by atoms with Gasteiger partial charge in [0.1, 0.15) is 0 Å². The number of aromatic amines is 2. The summed E-state index contributed by atoms with van der Waals surface area (Å²) < 4.78 is 2.21. The first-order valence-electron chi connectivity index (χ1n) is 15.9. The van der Waals surface area contributed by atoms with Crippen LogP contribution < -0.4 is 5.46 Å². The molecule has 0 amide bonds. The van der Waals surface area contributed by atoms with Gasteiger partial charge in [0.25, 0.3) is 0 Å². The molecule has 4 N–H and O–H groups in total. The Labute approximate surface area is 308 Å². The normalized spacial score (nSPS) is 10.6. The molecule has 7 aromatic carbocycles. The number of H-pyrrole nitrogens is 2. The molecular weight excluding hydrogens is 747 g/mol. The Morgan fingerprint density at radius 3 is 1.08 bits per heavy atom. The molecule has 4 nitrogen and oxygen atoms in total. The number of nitrogens with one attached hydrogen (secondary N) is 2. The summed E-state index contributed by atoms with van der Waals surface area (Å²) in [7, 11) is -1.34. The zero-order valence-corrected chi connectivity index (χ0v) is 29.5. The Bertz CT molecular complexity index is 2350. The number of hydrogen-bond acceptors (Lipinski definition) is 2. The van der Waals surface area contributed by atoms with Gasteiger partial charge in [-0.05, 0) is 88.4 Å². The number of rotatable bonds is 3. The standard InChI is InChI=1S/C24H17N.C12H7Br2N.C6H7BO2.CH4/c1-3-7-17(8-4-1)19-11-13-23-21(15-19)22-16-20(12-14-24(22)25-23)18-9-5-2-6-10-18;13-7-1-3-11-9(5-7)10-6-8(14)2-4-12(10)15-11;8-7(9)6-4-2-1-3-5-6;/h1-16,25H;1-6,15H;1-5,8-9H;1H4. The summed E-state index contributed by atoms with van der Waals surface area (Å²) in [6.07, 6.45) is 0. The average Bonchev–Trinajstić information content (AvgIpc) is 3.70. The van der Waals surface area contributed by atoms with Crippen LogP contribution in [0.5, 0.6) is 0 Å². The molecule has 246 valence electrons. The Morgan fingerprint density at radius 1 is 0.380 bits per heavy atom. The van der Waals surface area contributed by atoms with Gasteiger partial charge in [-0.1, -0.05) is 142 Å².